The number of aromatic nitrogens is 2. The van der Waals surface area contributed by atoms with Crippen molar-refractivity contribution in [3.8, 4) is 0 Å². The van der Waals surface area contributed by atoms with E-state index in [-0.39, 0.29) is 5.91 Å². The van der Waals surface area contributed by atoms with Gasteiger partial charge in [-0.2, -0.15) is 0 Å². The summed E-state index contributed by atoms with van der Waals surface area (Å²) in [5.74, 6) is 0.488. The third kappa shape index (κ3) is 3.93. The normalized spacial score (nSPS) is 10.4. The number of aryl methyl sites for hydroxylation is 1. The predicted octanol–water partition coefficient (Wildman–Crippen LogP) is 4.56. The molecule has 0 saturated heterocycles. The molecular formula is C17H16N4OS2. The highest BCUT2D eigenvalue weighted by atomic mass is 32.2. The number of carbonyl (C=O) groups excluding carboxylic acids is 1. The van der Waals surface area contributed by atoms with E-state index in [1.165, 1.54) is 11.3 Å². The number of carbonyl (C=O) groups is 1. The molecule has 1 amide bonds. The number of thiazole rings is 1. The Morgan fingerprint density at radius 3 is 2.75 bits per heavy atom. The number of anilines is 3. The van der Waals surface area contributed by atoms with E-state index < -0.39 is 0 Å². The summed E-state index contributed by atoms with van der Waals surface area (Å²) in [6.45, 7) is 1.93. The molecule has 0 atom stereocenters. The average Bonchev–Trinajstić information content (AvgIpc) is 3.04. The van der Waals surface area contributed by atoms with Crippen LogP contribution in [0.15, 0.2) is 52.7 Å². The smallest absolute Gasteiger partial charge is 0.275 e. The minimum Gasteiger partial charge on any atom is -0.320 e. The molecule has 0 aliphatic rings. The number of amides is 1. The Kier molecular flexibility index (Phi) is 5.12. The van der Waals surface area contributed by atoms with Crippen molar-refractivity contribution < 1.29 is 4.79 Å². The molecule has 0 fully saturated rings. The van der Waals surface area contributed by atoms with Crippen LogP contribution in [-0.2, 0) is 0 Å². The van der Waals surface area contributed by atoms with E-state index >= 15 is 0 Å². The van der Waals surface area contributed by atoms with E-state index in [1.807, 2.05) is 55.6 Å². The maximum atomic E-state index is 12.4. The Balaban J connectivity index is 1.72. The zero-order chi connectivity index (χ0) is 16.9. The number of nitrogens with one attached hydrogen (secondary N) is 2. The molecule has 0 unspecified atom stereocenters. The summed E-state index contributed by atoms with van der Waals surface area (Å²) in [6.07, 6.45) is 1.98. The number of thioether (sulfide) groups is 1. The molecular weight excluding hydrogens is 340 g/mol. The lowest BCUT2D eigenvalue weighted by molar-refractivity contribution is 0.102. The van der Waals surface area contributed by atoms with Crippen LogP contribution in [0, 0.1) is 6.92 Å². The van der Waals surface area contributed by atoms with Gasteiger partial charge in [-0.05, 0) is 37.4 Å². The second-order valence-corrected chi connectivity index (χ2v) is 6.69. The summed E-state index contributed by atoms with van der Waals surface area (Å²) in [5, 5.41) is 8.39. The number of pyridine rings is 1. The van der Waals surface area contributed by atoms with Gasteiger partial charge in [0.1, 0.15) is 11.5 Å². The average molecular weight is 356 g/mol. The summed E-state index contributed by atoms with van der Waals surface area (Å²) in [5.41, 5.74) is 2.09. The zero-order valence-electron chi connectivity index (χ0n) is 13.2. The first kappa shape index (κ1) is 16.5. The summed E-state index contributed by atoms with van der Waals surface area (Å²) in [7, 11) is 0. The Morgan fingerprint density at radius 1 is 1.12 bits per heavy atom. The van der Waals surface area contributed by atoms with E-state index in [1.54, 1.807) is 17.1 Å². The molecule has 24 heavy (non-hydrogen) atoms. The maximum absolute atomic E-state index is 12.4. The Labute approximate surface area is 148 Å². The molecule has 5 nitrogen and oxygen atoms in total. The Morgan fingerprint density at radius 2 is 1.96 bits per heavy atom. The van der Waals surface area contributed by atoms with Gasteiger partial charge >= 0.3 is 0 Å². The van der Waals surface area contributed by atoms with Gasteiger partial charge in [0.2, 0.25) is 0 Å². The number of rotatable bonds is 5. The molecule has 0 saturated carbocycles. The van der Waals surface area contributed by atoms with Crippen LogP contribution >= 0.6 is 23.1 Å². The molecule has 7 heteroatoms. The number of hydrogen-bond acceptors (Lipinski definition) is 6. The first-order valence-corrected chi connectivity index (χ1v) is 9.37. The molecule has 122 valence electrons. The second kappa shape index (κ2) is 7.46. The van der Waals surface area contributed by atoms with Crippen molar-refractivity contribution in [3.63, 3.8) is 0 Å². The van der Waals surface area contributed by atoms with E-state index in [9.17, 15) is 4.79 Å². The number of para-hydroxylation sites is 1. The standard InChI is InChI=1S/C17H16N4OS2/c1-11-6-5-9-15(18-11)21-17-20-13(10-24-17)16(22)19-12-7-3-4-8-14(12)23-2/h3-10H,1-2H3,(H,19,22)(H,18,20,21). The highest BCUT2D eigenvalue weighted by molar-refractivity contribution is 7.98. The van der Waals surface area contributed by atoms with Crippen LogP contribution in [0.1, 0.15) is 16.2 Å². The topological polar surface area (TPSA) is 66.9 Å². The van der Waals surface area contributed by atoms with Crippen molar-refractivity contribution in [2.75, 3.05) is 16.9 Å². The molecule has 2 N–H and O–H groups in total. The highest BCUT2D eigenvalue weighted by Crippen LogP contribution is 2.26. The lowest BCUT2D eigenvalue weighted by atomic mass is 10.3. The first-order valence-electron chi connectivity index (χ1n) is 7.26. The third-order valence-corrected chi connectivity index (χ3v) is 4.77. The monoisotopic (exact) mass is 356 g/mol. The van der Waals surface area contributed by atoms with Crippen LogP contribution in [0.3, 0.4) is 0 Å². The van der Waals surface area contributed by atoms with Crippen molar-refractivity contribution >= 4 is 45.6 Å². The zero-order valence-corrected chi connectivity index (χ0v) is 14.9. The van der Waals surface area contributed by atoms with Crippen molar-refractivity contribution in [1.29, 1.82) is 0 Å². The van der Waals surface area contributed by atoms with Crippen molar-refractivity contribution in [3.05, 3.63) is 59.2 Å². The van der Waals surface area contributed by atoms with Gasteiger partial charge in [0.25, 0.3) is 5.91 Å². The van der Waals surface area contributed by atoms with Gasteiger partial charge in [-0.15, -0.1) is 23.1 Å². The fourth-order valence-electron chi connectivity index (χ4n) is 2.09. The van der Waals surface area contributed by atoms with Gasteiger partial charge in [0.15, 0.2) is 5.13 Å². The molecule has 0 aliphatic carbocycles. The number of benzene rings is 1. The summed E-state index contributed by atoms with van der Waals surface area (Å²) in [4.78, 5) is 22.1. The molecule has 2 heterocycles. The van der Waals surface area contributed by atoms with E-state index in [2.05, 4.69) is 20.6 Å². The second-order valence-electron chi connectivity index (χ2n) is 4.98. The molecule has 3 aromatic rings. The van der Waals surface area contributed by atoms with Gasteiger partial charge in [-0.25, -0.2) is 9.97 Å². The van der Waals surface area contributed by atoms with Crippen LogP contribution in [0.4, 0.5) is 16.6 Å². The maximum Gasteiger partial charge on any atom is 0.275 e. The Hall–Kier alpha value is -2.38. The quantitative estimate of drug-likeness (QED) is 0.656. The molecule has 1 aromatic carbocycles. The first-order chi connectivity index (χ1) is 11.7. The summed E-state index contributed by atoms with van der Waals surface area (Å²) in [6, 6.07) is 13.4. The van der Waals surface area contributed by atoms with Gasteiger partial charge in [0, 0.05) is 16.0 Å². The van der Waals surface area contributed by atoms with Crippen molar-refractivity contribution in [2.24, 2.45) is 0 Å². The molecule has 3 rings (SSSR count). The highest BCUT2D eigenvalue weighted by Gasteiger charge is 2.13. The number of hydrogen-bond donors (Lipinski definition) is 2. The molecule has 2 aromatic heterocycles. The SMILES string of the molecule is CSc1ccccc1NC(=O)c1csc(Nc2cccc(C)n2)n1. The van der Waals surface area contributed by atoms with Crippen molar-refractivity contribution in [2.45, 2.75) is 11.8 Å². The predicted molar refractivity (Wildman–Crippen MR) is 101 cm³/mol. The summed E-state index contributed by atoms with van der Waals surface area (Å²) >= 11 is 2.96. The van der Waals surface area contributed by atoms with E-state index in [0.29, 0.717) is 16.6 Å². The summed E-state index contributed by atoms with van der Waals surface area (Å²) < 4.78 is 0. The minimum absolute atomic E-state index is 0.224. The molecule has 0 bridgehead atoms. The lowest BCUT2D eigenvalue weighted by Crippen LogP contribution is -2.13. The van der Waals surface area contributed by atoms with Crippen LogP contribution in [0.5, 0.6) is 0 Å². The molecule has 0 spiro atoms. The van der Waals surface area contributed by atoms with Gasteiger partial charge in [-0.1, -0.05) is 18.2 Å². The third-order valence-electron chi connectivity index (χ3n) is 3.22. The van der Waals surface area contributed by atoms with E-state index in [4.69, 9.17) is 0 Å². The van der Waals surface area contributed by atoms with Gasteiger partial charge in [-0.3, -0.25) is 4.79 Å². The van der Waals surface area contributed by atoms with E-state index in [0.717, 1.165) is 16.3 Å². The molecule has 0 radical (unpaired) electrons. The van der Waals surface area contributed by atoms with Crippen LogP contribution in [0.2, 0.25) is 0 Å². The lowest BCUT2D eigenvalue weighted by Gasteiger charge is -2.07. The molecule has 0 aliphatic heterocycles. The van der Waals surface area contributed by atoms with Crippen molar-refractivity contribution in [1.82, 2.24) is 9.97 Å². The van der Waals surface area contributed by atoms with Crippen LogP contribution in [0.25, 0.3) is 0 Å². The van der Waals surface area contributed by atoms with Crippen LogP contribution in [-0.4, -0.2) is 22.1 Å². The van der Waals surface area contributed by atoms with Crippen LogP contribution < -0.4 is 10.6 Å². The minimum atomic E-state index is -0.224. The fraction of sp³-hybridized carbons (Fsp3) is 0.118. The largest absolute Gasteiger partial charge is 0.320 e. The fourth-order valence-corrected chi connectivity index (χ4v) is 3.34. The van der Waals surface area contributed by atoms with Gasteiger partial charge in [0.05, 0.1) is 5.69 Å². The number of nitrogens with zero attached hydrogens (tertiary/aromatic N) is 2. The Bertz CT molecular complexity index is 863. The van der Waals surface area contributed by atoms with Gasteiger partial charge < -0.3 is 10.6 Å².